The molecular weight excluding hydrogens is 294 g/mol. The second kappa shape index (κ2) is 6.01. The van der Waals surface area contributed by atoms with Gasteiger partial charge in [0.2, 0.25) is 0 Å². The summed E-state index contributed by atoms with van der Waals surface area (Å²) < 4.78 is 0. The molecule has 0 radical (unpaired) electrons. The van der Waals surface area contributed by atoms with Crippen LogP contribution in [0.5, 0.6) is 0 Å². The van der Waals surface area contributed by atoms with E-state index in [0.29, 0.717) is 0 Å². The number of hydrogen-bond acceptors (Lipinski definition) is 6. The van der Waals surface area contributed by atoms with Crippen LogP contribution in [0.3, 0.4) is 0 Å². The van der Waals surface area contributed by atoms with Crippen LogP contribution in [0.4, 0.5) is 5.00 Å². The molecule has 7 heteroatoms. The Hall–Kier alpha value is -1.28. The van der Waals surface area contributed by atoms with Gasteiger partial charge in [0.05, 0.1) is 11.0 Å². The minimum atomic E-state index is -0.308. The summed E-state index contributed by atoms with van der Waals surface area (Å²) >= 11 is 2.92. The molecule has 106 valence electrons. The molecule has 3 rings (SSSR count). The normalized spacial score (nSPS) is 18.0. The zero-order chi connectivity index (χ0) is 13.9. The third-order valence-corrected chi connectivity index (χ3v) is 5.25. The van der Waals surface area contributed by atoms with Gasteiger partial charge in [0.25, 0.3) is 0 Å². The van der Waals surface area contributed by atoms with Gasteiger partial charge in [0.15, 0.2) is 0 Å². The van der Waals surface area contributed by atoms with Crippen molar-refractivity contribution < 1.29 is 4.92 Å². The van der Waals surface area contributed by atoms with Gasteiger partial charge < -0.3 is 5.32 Å². The number of rotatable bonds is 4. The van der Waals surface area contributed by atoms with Gasteiger partial charge >= 0.3 is 5.00 Å². The molecule has 5 nitrogen and oxygen atoms in total. The number of nitrogens with one attached hydrogen (secondary N) is 1. The minimum Gasteiger partial charge on any atom is -0.314 e. The summed E-state index contributed by atoms with van der Waals surface area (Å²) in [5.41, 5.74) is 1.03. The first-order chi connectivity index (χ1) is 9.75. The number of hydrogen-bond donors (Lipinski definition) is 1. The van der Waals surface area contributed by atoms with E-state index in [9.17, 15) is 10.1 Å². The molecule has 1 N–H and O–H groups in total. The zero-order valence-electron chi connectivity index (χ0n) is 10.8. The van der Waals surface area contributed by atoms with Crippen molar-refractivity contribution in [3.8, 4) is 0 Å². The smallest absolute Gasteiger partial charge is 0.314 e. The highest BCUT2D eigenvalue weighted by atomic mass is 32.1. The Balaban J connectivity index is 1.93. The molecule has 1 saturated heterocycles. The highest BCUT2D eigenvalue weighted by Gasteiger charge is 2.27. The third-order valence-electron chi connectivity index (χ3n) is 3.43. The van der Waals surface area contributed by atoms with Crippen LogP contribution < -0.4 is 5.32 Å². The van der Waals surface area contributed by atoms with Crippen LogP contribution in [0.25, 0.3) is 0 Å². The van der Waals surface area contributed by atoms with Crippen molar-refractivity contribution >= 4 is 27.7 Å². The van der Waals surface area contributed by atoms with Crippen LogP contribution in [0.15, 0.2) is 29.0 Å². The maximum atomic E-state index is 10.9. The van der Waals surface area contributed by atoms with Crippen LogP contribution in [-0.4, -0.2) is 36.0 Å². The molecule has 20 heavy (non-hydrogen) atoms. The molecule has 0 unspecified atom stereocenters. The van der Waals surface area contributed by atoms with Gasteiger partial charge in [0.1, 0.15) is 0 Å². The summed E-state index contributed by atoms with van der Waals surface area (Å²) in [6.07, 6.45) is 0. The molecule has 2 aromatic heterocycles. The lowest BCUT2D eigenvalue weighted by Gasteiger charge is -2.34. The molecule has 0 aromatic carbocycles. The van der Waals surface area contributed by atoms with Crippen molar-refractivity contribution in [1.29, 1.82) is 0 Å². The summed E-state index contributed by atoms with van der Waals surface area (Å²) in [5.74, 6) is 0. The highest BCUT2D eigenvalue weighted by Crippen LogP contribution is 2.36. The monoisotopic (exact) mass is 309 g/mol. The lowest BCUT2D eigenvalue weighted by molar-refractivity contribution is -0.380. The standard InChI is InChI=1S/C13H15N3O2S2/c17-16(18)12-8-10(9-20-12)13(11-2-1-7-19-11)15-5-3-14-4-6-15/h1-2,7-9,13-14H,3-6H2/t13-/m0/s1. The van der Waals surface area contributed by atoms with Gasteiger partial charge in [-0.3, -0.25) is 15.0 Å². The lowest BCUT2D eigenvalue weighted by atomic mass is 10.1. The Bertz CT molecular complexity index is 576. The van der Waals surface area contributed by atoms with Crippen molar-refractivity contribution in [1.82, 2.24) is 10.2 Å². The van der Waals surface area contributed by atoms with E-state index in [1.165, 1.54) is 16.2 Å². The average Bonchev–Trinajstić information content (AvgIpc) is 3.12. The summed E-state index contributed by atoms with van der Waals surface area (Å²) in [4.78, 5) is 14.2. The number of piperazine rings is 1. The van der Waals surface area contributed by atoms with E-state index in [2.05, 4.69) is 21.7 Å². The molecule has 0 aliphatic carbocycles. The van der Waals surface area contributed by atoms with E-state index < -0.39 is 0 Å². The molecule has 1 fully saturated rings. The van der Waals surface area contributed by atoms with E-state index in [1.54, 1.807) is 17.4 Å². The highest BCUT2D eigenvalue weighted by molar-refractivity contribution is 7.13. The Morgan fingerprint density at radius 1 is 1.35 bits per heavy atom. The van der Waals surface area contributed by atoms with Gasteiger partial charge in [-0.15, -0.1) is 11.3 Å². The fraction of sp³-hybridized carbons (Fsp3) is 0.385. The molecule has 2 aromatic rings. The fourth-order valence-corrected chi connectivity index (χ4v) is 4.15. The number of nitrogens with zero attached hydrogens (tertiary/aromatic N) is 2. The van der Waals surface area contributed by atoms with E-state index in [-0.39, 0.29) is 16.0 Å². The van der Waals surface area contributed by atoms with E-state index in [4.69, 9.17) is 0 Å². The summed E-state index contributed by atoms with van der Waals surface area (Å²) in [5, 5.41) is 18.4. The fourth-order valence-electron chi connectivity index (χ4n) is 2.52. The lowest BCUT2D eigenvalue weighted by Crippen LogP contribution is -2.45. The van der Waals surface area contributed by atoms with Crippen LogP contribution in [0.2, 0.25) is 0 Å². The van der Waals surface area contributed by atoms with E-state index in [0.717, 1.165) is 31.7 Å². The summed E-state index contributed by atoms with van der Waals surface area (Å²) in [6, 6.07) is 6.01. The largest absolute Gasteiger partial charge is 0.324 e. The van der Waals surface area contributed by atoms with Crippen molar-refractivity contribution in [3.63, 3.8) is 0 Å². The molecule has 0 amide bonds. The maximum absolute atomic E-state index is 10.9. The van der Waals surface area contributed by atoms with Crippen LogP contribution in [0.1, 0.15) is 16.5 Å². The van der Waals surface area contributed by atoms with E-state index in [1.807, 2.05) is 11.4 Å². The van der Waals surface area contributed by atoms with Crippen molar-refractivity contribution in [2.45, 2.75) is 6.04 Å². The first-order valence-corrected chi connectivity index (χ1v) is 8.22. The van der Waals surface area contributed by atoms with Gasteiger partial charge in [-0.2, -0.15) is 0 Å². The molecular formula is C13H15N3O2S2. The Morgan fingerprint density at radius 2 is 2.15 bits per heavy atom. The Kier molecular flexibility index (Phi) is 4.11. The van der Waals surface area contributed by atoms with Crippen molar-refractivity contribution in [2.24, 2.45) is 0 Å². The molecule has 1 aliphatic rings. The van der Waals surface area contributed by atoms with Crippen LogP contribution in [-0.2, 0) is 0 Å². The minimum absolute atomic E-state index is 0.141. The molecule has 0 bridgehead atoms. The van der Waals surface area contributed by atoms with Crippen molar-refractivity contribution in [3.05, 3.63) is 49.5 Å². The summed E-state index contributed by atoms with van der Waals surface area (Å²) in [7, 11) is 0. The predicted octanol–water partition coefficient (Wildman–Crippen LogP) is 2.71. The molecule has 1 aliphatic heterocycles. The molecule has 3 heterocycles. The van der Waals surface area contributed by atoms with Gasteiger partial charge in [-0.25, -0.2) is 0 Å². The van der Waals surface area contributed by atoms with Crippen molar-refractivity contribution in [2.75, 3.05) is 26.2 Å². The second-order valence-corrected chi connectivity index (χ2v) is 6.55. The average molecular weight is 309 g/mol. The quantitative estimate of drug-likeness (QED) is 0.697. The van der Waals surface area contributed by atoms with Crippen LogP contribution in [0, 0.1) is 10.1 Å². The summed E-state index contributed by atoms with van der Waals surface area (Å²) in [6.45, 7) is 3.86. The van der Waals surface area contributed by atoms with Gasteiger partial charge in [-0.05, 0) is 17.0 Å². The second-order valence-electron chi connectivity index (χ2n) is 4.68. The zero-order valence-corrected chi connectivity index (χ0v) is 12.5. The first-order valence-electron chi connectivity index (χ1n) is 6.46. The molecule has 0 spiro atoms. The van der Waals surface area contributed by atoms with E-state index >= 15 is 0 Å². The van der Waals surface area contributed by atoms with Gasteiger partial charge in [0, 0.05) is 42.5 Å². The Morgan fingerprint density at radius 3 is 2.75 bits per heavy atom. The first kappa shape index (κ1) is 13.7. The molecule has 0 saturated carbocycles. The predicted molar refractivity (Wildman–Crippen MR) is 81.6 cm³/mol. The molecule has 1 atom stereocenters. The maximum Gasteiger partial charge on any atom is 0.324 e. The SMILES string of the molecule is O=[N+]([O-])c1cc([C@@H](c2cccs2)N2CCNCC2)cs1. The topological polar surface area (TPSA) is 58.4 Å². The third kappa shape index (κ3) is 2.76. The van der Waals surface area contributed by atoms with Crippen LogP contribution >= 0.6 is 22.7 Å². The number of nitro groups is 1. The number of thiophene rings is 2. The Labute approximate surface area is 125 Å². The van der Waals surface area contributed by atoms with Gasteiger partial charge in [-0.1, -0.05) is 17.4 Å².